The molecule has 106 valence electrons. The number of hydrogen-bond donors (Lipinski definition) is 1. The topological polar surface area (TPSA) is 55.4 Å². The lowest BCUT2D eigenvalue weighted by Gasteiger charge is -2.21. The molecule has 4 nitrogen and oxygen atoms in total. The van der Waals surface area contributed by atoms with Crippen LogP contribution in [0.3, 0.4) is 0 Å². The average molecular weight is 287 g/mol. The summed E-state index contributed by atoms with van der Waals surface area (Å²) in [5.41, 5.74) is 0.224. The van der Waals surface area contributed by atoms with Crippen LogP contribution in [0, 0.1) is 11.7 Å². The number of ether oxygens (including phenoxy) is 1. The number of anilines is 1. The van der Waals surface area contributed by atoms with E-state index in [0.29, 0.717) is 12.5 Å². The molecule has 0 saturated carbocycles. The van der Waals surface area contributed by atoms with Gasteiger partial charge in [-0.3, -0.25) is 0 Å². The SMILES string of the molecule is CC(Nc1cc(S(C)(=O)=O)ccc1F)C1CCOC1. The van der Waals surface area contributed by atoms with Crippen molar-refractivity contribution in [2.45, 2.75) is 24.3 Å². The predicted octanol–water partition coefficient (Wildman–Crippen LogP) is 2.07. The molecule has 1 aliphatic rings. The number of sulfone groups is 1. The lowest BCUT2D eigenvalue weighted by molar-refractivity contribution is 0.183. The molecule has 1 saturated heterocycles. The summed E-state index contributed by atoms with van der Waals surface area (Å²) in [4.78, 5) is 0.117. The summed E-state index contributed by atoms with van der Waals surface area (Å²) in [5.74, 6) is -0.126. The normalized spacial score (nSPS) is 21.3. The molecule has 1 aromatic carbocycles. The van der Waals surface area contributed by atoms with E-state index in [4.69, 9.17) is 4.74 Å². The van der Waals surface area contributed by atoms with E-state index < -0.39 is 15.7 Å². The molecular formula is C13H18FNO3S. The molecule has 1 heterocycles. The minimum atomic E-state index is -3.33. The molecule has 0 spiro atoms. The lowest BCUT2D eigenvalue weighted by atomic mass is 10.0. The first-order chi connectivity index (χ1) is 8.88. The van der Waals surface area contributed by atoms with Crippen molar-refractivity contribution in [1.82, 2.24) is 0 Å². The quantitative estimate of drug-likeness (QED) is 0.861. The van der Waals surface area contributed by atoms with E-state index in [-0.39, 0.29) is 16.6 Å². The van der Waals surface area contributed by atoms with Gasteiger partial charge in [-0.25, -0.2) is 12.8 Å². The van der Waals surface area contributed by atoms with Crippen molar-refractivity contribution in [3.8, 4) is 0 Å². The summed E-state index contributed by atoms with van der Waals surface area (Å²) < 4.78 is 41.9. The van der Waals surface area contributed by atoms with Gasteiger partial charge in [0.05, 0.1) is 17.2 Å². The Morgan fingerprint density at radius 3 is 2.79 bits per heavy atom. The summed E-state index contributed by atoms with van der Waals surface area (Å²) in [5, 5.41) is 3.05. The summed E-state index contributed by atoms with van der Waals surface area (Å²) >= 11 is 0. The standard InChI is InChI=1S/C13H18FNO3S/c1-9(10-5-6-18-8-10)15-13-7-11(19(2,16)17)3-4-12(13)14/h3-4,7,9-10,15H,5-6,8H2,1-2H3. The highest BCUT2D eigenvalue weighted by molar-refractivity contribution is 7.90. The fourth-order valence-electron chi connectivity index (χ4n) is 2.16. The largest absolute Gasteiger partial charge is 0.381 e. The van der Waals surface area contributed by atoms with Gasteiger partial charge in [0, 0.05) is 24.8 Å². The van der Waals surface area contributed by atoms with E-state index in [1.807, 2.05) is 6.92 Å². The van der Waals surface area contributed by atoms with Crippen LogP contribution in [0.15, 0.2) is 23.1 Å². The Bertz CT molecular complexity index is 553. The Morgan fingerprint density at radius 2 is 2.21 bits per heavy atom. The summed E-state index contributed by atoms with van der Waals surface area (Å²) in [6.45, 7) is 3.33. The van der Waals surface area contributed by atoms with Gasteiger partial charge in [0.1, 0.15) is 5.82 Å². The second kappa shape index (κ2) is 5.46. The molecule has 0 aromatic heterocycles. The number of hydrogen-bond acceptors (Lipinski definition) is 4. The zero-order chi connectivity index (χ0) is 14.0. The van der Waals surface area contributed by atoms with Crippen LogP contribution in [0.1, 0.15) is 13.3 Å². The van der Waals surface area contributed by atoms with Gasteiger partial charge in [-0.15, -0.1) is 0 Å². The van der Waals surface area contributed by atoms with Crippen molar-refractivity contribution < 1.29 is 17.5 Å². The maximum atomic E-state index is 13.7. The molecular weight excluding hydrogens is 269 g/mol. The van der Waals surface area contributed by atoms with Crippen LogP contribution in [-0.2, 0) is 14.6 Å². The van der Waals surface area contributed by atoms with Crippen molar-refractivity contribution in [2.75, 3.05) is 24.8 Å². The number of nitrogens with one attached hydrogen (secondary N) is 1. The fraction of sp³-hybridized carbons (Fsp3) is 0.538. The van der Waals surface area contributed by atoms with Crippen LogP contribution in [0.2, 0.25) is 0 Å². The maximum absolute atomic E-state index is 13.7. The molecule has 1 aromatic rings. The Kier molecular flexibility index (Phi) is 4.10. The zero-order valence-corrected chi connectivity index (χ0v) is 11.8. The van der Waals surface area contributed by atoms with Crippen LogP contribution in [-0.4, -0.2) is 33.9 Å². The Balaban J connectivity index is 2.19. The van der Waals surface area contributed by atoms with Crippen LogP contribution in [0.4, 0.5) is 10.1 Å². The second-order valence-corrected chi connectivity index (χ2v) is 6.99. The summed E-state index contributed by atoms with van der Waals surface area (Å²) in [6.07, 6.45) is 2.04. The molecule has 1 aliphatic heterocycles. The highest BCUT2D eigenvalue weighted by Crippen LogP contribution is 2.24. The van der Waals surface area contributed by atoms with Crippen LogP contribution in [0.5, 0.6) is 0 Å². The number of rotatable bonds is 4. The van der Waals surface area contributed by atoms with Crippen molar-refractivity contribution >= 4 is 15.5 Å². The first-order valence-corrected chi connectivity index (χ1v) is 8.11. The van der Waals surface area contributed by atoms with Crippen molar-refractivity contribution in [2.24, 2.45) is 5.92 Å². The molecule has 1 N–H and O–H groups in total. The Hall–Kier alpha value is -1.14. The van der Waals surface area contributed by atoms with Crippen molar-refractivity contribution in [3.63, 3.8) is 0 Å². The first kappa shape index (κ1) is 14.3. The van der Waals surface area contributed by atoms with Gasteiger partial charge in [0.2, 0.25) is 0 Å². The minimum Gasteiger partial charge on any atom is -0.381 e. The Labute approximate surface area is 112 Å². The smallest absolute Gasteiger partial charge is 0.175 e. The van der Waals surface area contributed by atoms with Crippen LogP contribution in [0.25, 0.3) is 0 Å². The third kappa shape index (κ3) is 3.45. The molecule has 6 heteroatoms. The average Bonchev–Trinajstić information content (AvgIpc) is 2.84. The summed E-state index contributed by atoms with van der Waals surface area (Å²) in [6, 6.07) is 3.83. The molecule has 1 fully saturated rings. The van der Waals surface area contributed by atoms with E-state index in [2.05, 4.69) is 5.32 Å². The van der Waals surface area contributed by atoms with Crippen molar-refractivity contribution in [1.29, 1.82) is 0 Å². The molecule has 0 bridgehead atoms. The highest BCUT2D eigenvalue weighted by Gasteiger charge is 2.23. The zero-order valence-electron chi connectivity index (χ0n) is 11.0. The van der Waals surface area contributed by atoms with Gasteiger partial charge in [0.25, 0.3) is 0 Å². The predicted molar refractivity (Wildman–Crippen MR) is 71.5 cm³/mol. The van der Waals surface area contributed by atoms with Gasteiger partial charge < -0.3 is 10.1 Å². The van der Waals surface area contributed by atoms with Gasteiger partial charge in [-0.05, 0) is 31.5 Å². The molecule has 2 unspecified atom stereocenters. The molecule has 2 rings (SSSR count). The summed E-state index contributed by atoms with van der Waals surface area (Å²) in [7, 11) is -3.33. The first-order valence-electron chi connectivity index (χ1n) is 6.22. The number of halogens is 1. The van der Waals surface area contributed by atoms with Crippen LogP contribution < -0.4 is 5.32 Å². The van der Waals surface area contributed by atoms with Gasteiger partial charge in [-0.2, -0.15) is 0 Å². The number of benzene rings is 1. The fourth-order valence-corrected chi connectivity index (χ4v) is 2.80. The highest BCUT2D eigenvalue weighted by atomic mass is 32.2. The van der Waals surface area contributed by atoms with E-state index in [9.17, 15) is 12.8 Å². The third-order valence-electron chi connectivity index (χ3n) is 3.42. The lowest BCUT2D eigenvalue weighted by Crippen LogP contribution is -2.26. The third-order valence-corrected chi connectivity index (χ3v) is 4.53. The van der Waals surface area contributed by atoms with E-state index in [1.54, 1.807) is 0 Å². The molecule has 2 atom stereocenters. The molecule has 0 aliphatic carbocycles. The molecule has 0 radical (unpaired) electrons. The molecule has 0 amide bonds. The van der Waals surface area contributed by atoms with E-state index in [1.165, 1.54) is 18.2 Å². The second-order valence-electron chi connectivity index (χ2n) is 4.97. The molecule has 19 heavy (non-hydrogen) atoms. The van der Waals surface area contributed by atoms with Gasteiger partial charge in [-0.1, -0.05) is 0 Å². The van der Waals surface area contributed by atoms with Gasteiger partial charge in [0.15, 0.2) is 9.84 Å². The van der Waals surface area contributed by atoms with Crippen molar-refractivity contribution in [3.05, 3.63) is 24.0 Å². The maximum Gasteiger partial charge on any atom is 0.175 e. The van der Waals surface area contributed by atoms with E-state index in [0.717, 1.165) is 19.3 Å². The van der Waals surface area contributed by atoms with Crippen LogP contribution >= 0.6 is 0 Å². The van der Waals surface area contributed by atoms with Gasteiger partial charge >= 0.3 is 0 Å². The minimum absolute atomic E-state index is 0.0341. The van der Waals surface area contributed by atoms with E-state index >= 15 is 0 Å². The monoisotopic (exact) mass is 287 g/mol. The Morgan fingerprint density at radius 1 is 1.47 bits per heavy atom.